The van der Waals surface area contributed by atoms with Crippen molar-refractivity contribution in [3.05, 3.63) is 41.6 Å². The Kier molecular flexibility index (Phi) is 4.53. The largest absolute Gasteiger partial charge is 0.492 e. The summed E-state index contributed by atoms with van der Waals surface area (Å²) < 4.78 is 7.71. The molecule has 3 rings (SSSR count). The lowest BCUT2D eigenvalue weighted by atomic mass is 10.1. The first-order valence-corrected chi connectivity index (χ1v) is 8.14. The van der Waals surface area contributed by atoms with Gasteiger partial charge in [-0.2, -0.15) is 5.10 Å². The summed E-state index contributed by atoms with van der Waals surface area (Å²) in [5.74, 6) is 0.867. The van der Waals surface area contributed by atoms with Crippen molar-refractivity contribution in [2.24, 2.45) is 7.05 Å². The van der Waals surface area contributed by atoms with Gasteiger partial charge < -0.3 is 9.64 Å². The van der Waals surface area contributed by atoms with Crippen LogP contribution in [0.4, 0.5) is 0 Å². The second kappa shape index (κ2) is 6.61. The molecule has 0 amide bonds. The van der Waals surface area contributed by atoms with Crippen molar-refractivity contribution in [2.75, 3.05) is 27.2 Å². The normalized spacial score (nSPS) is 11.4. The molecule has 5 heteroatoms. The van der Waals surface area contributed by atoms with Gasteiger partial charge in [-0.15, -0.1) is 0 Å². The molecular weight excluding hydrogens is 300 g/mol. The van der Waals surface area contributed by atoms with Gasteiger partial charge in [-0.05, 0) is 51.7 Å². The van der Waals surface area contributed by atoms with E-state index in [2.05, 4.69) is 36.0 Å². The maximum Gasteiger partial charge on any atom is 0.182 e. The van der Waals surface area contributed by atoms with Gasteiger partial charge in [0.15, 0.2) is 5.65 Å². The molecule has 0 fully saturated rings. The van der Waals surface area contributed by atoms with Crippen molar-refractivity contribution in [1.82, 2.24) is 19.7 Å². The molecule has 2 aromatic heterocycles. The van der Waals surface area contributed by atoms with Crippen LogP contribution in [0.25, 0.3) is 22.3 Å². The van der Waals surface area contributed by atoms with Crippen molar-refractivity contribution >= 4 is 11.0 Å². The smallest absolute Gasteiger partial charge is 0.182 e. The van der Waals surface area contributed by atoms with E-state index < -0.39 is 0 Å². The number of benzene rings is 1. The van der Waals surface area contributed by atoms with Crippen LogP contribution in [0.2, 0.25) is 0 Å². The van der Waals surface area contributed by atoms with E-state index in [1.807, 2.05) is 44.0 Å². The molecule has 0 aliphatic carbocycles. The molecule has 0 unspecified atom stereocenters. The van der Waals surface area contributed by atoms with Gasteiger partial charge in [-0.1, -0.05) is 12.1 Å². The van der Waals surface area contributed by atoms with Crippen LogP contribution >= 0.6 is 0 Å². The molecule has 24 heavy (non-hydrogen) atoms. The standard InChI is InChI=1S/C19H24N4O/c1-13-11-17(20-19-18(13)14(2)23(5)21-19)15-7-6-8-16(12-15)24-10-9-22(3)4/h6-8,11-12H,9-10H2,1-5H3. The molecule has 0 bridgehead atoms. The summed E-state index contributed by atoms with van der Waals surface area (Å²) in [6.07, 6.45) is 0. The van der Waals surface area contributed by atoms with Crippen molar-refractivity contribution in [2.45, 2.75) is 13.8 Å². The maximum absolute atomic E-state index is 5.83. The molecule has 0 aliphatic heterocycles. The number of rotatable bonds is 5. The molecule has 2 heterocycles. The van der Waals surface area contributed by atoms with E-state index in [1.165, 1.54) is 5.56 Å². The minimum Gasteiger partial charge on any atom is -0.492 e. The highest BCUT2D eigenvalue weighted by atomic mass is 16.5. The Hall–Kier alpha value is -2.40. The van der Waals surface area contributed by atoms with Crippen LogP contribution in [0.3, 0.4) is 0 Å². The van der Waals surface area contributed by atoms with E-state index in [9.17, 15) is 0 Å². The van der Waals surface area contributed by atoms with Crippen LogP contribution in [-0.4, -0.2) is 46.9 Å². The molecule has 0 radical (unpaired) electrons. The van der Waals surface area contributed by atoms with E-state index >= 15 is 0 Å². The SMILES string of the molecule is Cc1cc(-c2cccc(OCCN(C)C)c2)nc2nn(C)c(C)c12. The summed E-state index contributed by atoms with van der Waals surface area (Å²) in [6.45, 7) is 5.74. The number of aromatic nitrogens is 3. The lowest BCUT2D eigenvalue weighted by molar-refractivity contribution is 0.261. The highest BCUT2D eigenvalue weighted by molar-refractivity contribution is 5.84. The number of aryl methyl sites for hydroxylation is 3. The molecule has 0 spiro atoms. The molecule has 0 atom stereocenters. The van der Waals surface area contributed by atoms with Crippen LogP contribution in [0, 0.1) is 13.8 Å². The first-order valence-electron chi connectivity index (χ1n) is 8.14. The monoisotopic (exact) mass is 324 g/mol. The molecule has 0 saturated heterocycles. The average molecular weight is 324 g/mol. The quantitative estimate of drug-likeness (QED) is 0.723. The van der Waals surface area contributed by atoms with Crippen molar-refractivity contribution in [3.63, 3.8) is 0 Å². The summed E-state index contributed by atoms with van der Waals surface area (Å²) in [4.78, 5) is 6.85. The van der Waals surface area contributed by atoms with Gasteiger partial charge in [-0.25, -0.2) is 4.98 Å². The van der Waals surface area contributed by atoms with Gasteiger partial charge in [0.2, 0.25) is 0 Å². The topological polar surface area (TPSA) is 43.2 Å². The number of pyridine rings is 1. The number of nitrogens with zero attached hydrogens (tertiary/aromatic N) is 4. The van der Waals surface area contributed by atoms with Crippen LogP contribution < -0.4 is 4.74 Å². The number of hydrogen-bond acceptors (Lipinski definition) is 4. The summed E-state index contributed by atoms with van der Waals surface area (Å²) in [5, 5.41) is 5.66. The fraction of sp³-hybridized carbons (Fsp3) is 0.368. The average Bonchev–Trinajstić information content (AvgIpc) is 2.82. The molecule has 5 nitrogen and oxygen atoms in total. The summed E-state index contributed by atoms with van der Waals surface area (Å²) in [7, 11) is 6.03. The Bertz CT molecular complexity index is 867. The molecular formula is C19H24N4O. The van der Waals surface area contributed by atoms with E-state index in [1.54, 1.807) is 0 Å². The highest BCUT2D eigenvalue weighted by Gasteiger charge is 2.12. The van der Waals surface area contributed by atoms with Gasteiger partial charge in [0.05, 0.1) is 5.69 Å². The maximum atomic E-state index is 5.83. The third-order valence-electron chi connectivity index (χ3n) is 4.23. The fourth-order valence-electron chi connectivity index (χ4n) is 2.79. The van der Waals surface area contributed by atoms with E-state index in [0.717, 1.165) is 40.3 Å². The minimum absolute atomic E-state index is 0.668. The van der Waals surface area contributed by atoms with Gasteiger partial charge in [0.25, 0.3) is 0 Å². The zero-order valence-corrected chi connectivity index (χ0v) is 15.0. The number of hydrogen-bond donors (Lipinski definition) is 0. The van der Waals surface area contributed by atoms with Crippen molar-refractivity contribution in [3.8, 4) is 17.0 Å². The molecule has 3 aromatic rings. The summed E-state index contributed by atoms with van der Waals surface area (Å²) in [6, 6.07) is 10.2. The van der Waals surface area contributed by atoms with Crippen molar-refractivity contribution in [1.29, 1.82) is 0 Å². The first kappa shape index (κ1) is 16.5. The second-order valence-electron chi connectivity index (χ2n) is 6.41. The van der Waals surface area contributed by atoms with Gasteiger partial charge in [0, 0.05) is 30.2 Å². The molecule has 126 valence electrons. The lowest BCUT2D eigenvalue weighted by Crippen LogP contribution is -2.19. The van der Waals surface area contributed by atoms with Crippen LogP contribution in [0.1, 0.15) is 11.3 Å². The second-order valence-corrected chi connectivity index (χ2v) is 6.41. The Morgan fingerprint density at radius 3 is 2.71 bits per heavy atom. The predicted molar refractivity (Wildman–Crippen MR) is 97.5 cm³/mol. The Balaban J connectivity index is 1.93. The van der Waals surface area contributed by atoms with Crippen LogP contribution in [0.15, 0.2) is 30.3 Å². The van der Waals surface area contributed by atoms with Gasteiger partial charge in [-0.3, -0.25) is 4.68 Å². The Morgan fingerprint density at radius 1 is 1.17 bits per heavy atom. The number of ether oxygens (including phenoxy) is 1. The van der Waals surface area contributed by atoms with E-state index in [-0.39, 0.29) is 0 Å². The third-order valence-corrected chi connectivity index (χ3v) is 4.23. The Morgan fingerprint density at radius 2 is 1.96 bits per heavy atom. The number of likely N-dealkylation sites (N-methyl/N-ethyl adjacent to an activating group) is 1. The third kappa shape index (κ3) is 3.26. The van der Waals surface area contributed by atoms with E-state index in [4.69, 9.17) is 9.72 Å². The van der Waals surface area contributed by atoms with Gasteiger partial charge in [0.1, 0.15) is 12.4 Å². The molecule has 0 N–H and O–H groups in total. The van der Waals surface area contributed by atoms with Crippen LogP contribution in [0.5, 0.6) is 5.75 Å². The van der Waals surface area contributed by atoms with Gasteiger partial charge >= 0.3 is 0 Å². The molecule has 0 aliphatic rings. The summed E-state index contributed by atoms with van der Waals surface area (Å²) in [5.41, 5.74) is 5.10. The minimum atomic E-state index is 0.668. The fourth-order valence-corrected chi connectivity index (χ4v) is 2.79. The summed E-state index contributed by atoms with van der Waals surface area (Å²) >= 11 is 0. The molecule has 0 saturated carbocycles. The van der Waals surface area contributed by atoms with E-state index in [0.29, 0.717) is 6.61 Å². The first-order chi connectivity index (χ1) is 11.5. The molecule has 1 aromatic carbocycles. The van der Waals surface area contributed by atoms with Crippen molar-refractivity contribution < 1.29 is 4.74 Å². The number of fused-ring (bicyclic) bond motifs is 1. The zero-order valence-electron chi connectivity index (χ0n) is 15.0. The van der Waals surface area contributed by atoms with Crippen LogP contribution in [-0.2, 0) is 7.05 Å². The predicted octanol–water partition coefficient (Wildman–Crippen LogP) is 3.19. The zero-order chi connectivity index (χ0) is 17.3. The lowest BCUT2D eigenvalue weighted by Gasteiger charge is -2.12. The highest BCUT2D eigenvalue weighted by Crippen LogP contribution is 2.27. The Labute approximate surface area is 142 Å².